The van der Waals surface area contributed by atoms with E-state index in [4.69, 9.17) is 14.2 Å². The number of hydrogen-bond acceptors (Lipinski definition) is 6. The standard InChI is InChI=1S/C24H24N2O3S/c1-2-9-26-14-17-3-5-18(6-4-17)15-29-24-20(13-25)21(16-30-24)19-7-8-22-23(12-19)28-11-10-27-22/h3-8,12,16,26H,2,9-11,14-15H2,1H3. The summed E-state index contributed by atoms with van der Waals surface area (Å²) in [6.07, 6.45) is 1.13. The van der Waals surface area contributed by atoms with E-state index in [1.807, 2.05) is 23.6 Å². The normalized spacial score (nSPS) is 12.4. The first-order valence-corrected chi connectivity index (χ1v) is 11.0. The van der Waals surface area contributed by atoms with Gasteiger partial charge in [-0.25, -0.2) is 0 Å². The third-order valence-electron chi connectivity index (χ3n) is 4.87. The second-order valence-electron chi connectivity index (χ2n) is 7.06. The van der Waals surface area contributed by atoms with E-state index in [2.05, 4.69) is 42.6 Å². The average molecular weight is 421 g/mol. The van der Waals surface area contributed by atoms with Gasteiger partial charge in [-0.05, 0) is 41.8 Å². The van der Waals surface area contributed by atoms with Gasteiger partial charge in [-0.15, -0.1) is 11.3 Å². The van der Waals surface area contributed by atoms with Crippen molar-refractivity contribution < 1.29 is 14.2 Å². The monoisotopic (exact) mass is 420 g/mol. The van der Waals surface area contributed by atoms with Crippen LogP contribution in [0, 0.1) is 11.3 Å². The molecule has 2 heterocycles. The van der Waals surface area contributed by atoms with Gasteiger partial charge in [0.15, 0.2) is 16.6 Å². The van der Waals surface area contributed by atoms with Gasteiger partial charge < -0.3 is 19.5 Å². The Balaban J connectivity index is 1.45. The van der Waals surface area contributed by atoms with E-state index in [9.17, 15) is 5.26 Å². The lowest BCUT2D eigenvalue weighted by atomic mass is 10.0. The fraction of sp³-hybridized carbons (Fsp3) is 0.292. The number of nitriles is 1. The minimum absolute atomic E-state index is 0.429. The Kier molecular flexibility index (Phi) is 6.53. The Bertz CT molecular complexity index is 1040. The van der Waals surface area contributed by atoms with Crippen LogP contribution in [0.3, 0.4) is 0 Å². The summed E-state index contributed by atoms with van der Waals surface area (Å²) in [7, 11) is 0. The highest BCUT2D eigenvalue weighted by Crippen LogP contribution is 2.40. The van der Waals surface area contributed by atoms with E-state index < -0.39 is 0 Å². The molecule has 0 amide bonds. The highest BCUT2D eigenvalue weighted by atomic mass is 32.1. The molecule has 5 nitrogen and oxygen atoms in total. The predicted octanol–water partition coefficient (Wildman–Crippen LogP) is 5.14. The van der Waals surface area contributed by atoms with Gasteiger partial charge in [-0.1, -0.05) is 37.3 Å². The molecule has 0 unspecified atom stereocenters. The van der Waals surface area contributed by atoms with E-state index in [0.717, 1.165) is 42.0 Å². The van der Waals surface area contributed by atoms with Crippen molar-refractivity contribution in [2.75, 3.05) is 19.8 Å². The van der Waals surface area contributed by atoms with Crippen molar-refractivity contribution in [1.29, 1.82) is 5.26 Å². The van der Waals surface area contributed by atoms with Gasteiger partial charge in [0.05, 0.1) is 0 Å². The van der Waals surface area contributed by atoms with Crippen LogP contribution in [0.2, 0.25) is 0 Å². The van der Waals surface area contributed by atoms with Gasteiger partial charge in [0.25, 0.3) is 0 Å². The van der Waals surface area contributed by atoms with Crippen molar-refractivity contribution in [3.8, 4) is 33.8 Å². The fourth-order valence-corrected chi connectivity index (χ4v) is 4.17. The van der Waals surface area contributed by atoms with Crippen LogP contribution >= 0.6 is 11.3 Å². The summed E-state index contributed by atoms with van der Waals surface area (Å²) >= 11 is 1.44. The van der Waals surface area contributed by atoms with Crippen molar-refractivity contribution in [3.63, 3.8) is 0 Å². The molecule has 154 valence electrons. The molecule has 0 saturated carbocycles. The van der Waals surface area contributed by atoms with Crippen LogP contribution in [0.5, 0.6) is 16.6 Å². The molecule has 0 saturated heterocycles. The molecule has 0 fully saturated rings. The van der Waals surface area contributed by atoms with E-state index in [0.29, 0.717) is 36.2 Å². The molecule has 6 heteroatoms. The number of thiophene rings is 1. The zero-order valence-corrected chi connectivity index (χ0v) is 17.8. The molecule has 4 rings (SSSR count). The average Bonchev–Trinajstić information content (AvgIpc) is 3.21. The zero-order valence-electron chi connectivity index (χ0n) is 16.9. The number of nitrogens with zero attached hydrogens (tertiary/aromatic N) is 1. The van der Waals surface area contributed by atoms with Crippen molar-refractivity contribution >= 4 is 11.3 Å². The minimum atomic E-state index is 0.429. The Morgan fingerprint density at radius 3 is 2.60 bits per heavy atom. The van der Waals surface area contributed by atoms with Crippen LogP contribution in [0.25, 0.3) is 11.1 Å². The summed E-state index contributed by atoms with van der Waals surface area (Å²) in [4.78, 5) is 0. The van der Waals surface area contributed by atoms with Crippen LogP contribution in [0.15, 0.2) is 47.8 Å². The fourth-order valence-electron chi connectivity index (χ4n) is 3.29. The quantitative estimate of drug-likeness (QED) is 0.512. The maximum Gasteiger partial charge on any atom is 0.192 e. The number of nitrogens with one attached hydrogen (secondary N) is 1. The van der Waals surface area contributed by atoms with Gasteiger partial charge in [-0.3, -0.25) is 0 Å². The van der Waals surface area contributed by atoms with Crippen LogP contribution in [0.4, 0.5) is 0 Å². The minimum Gasteiger partial charge on any atom is -0.486 e. The van der Waals surface area contributed by atoms with Crippen molar-refractivity contribution in [1.82, 2.24) is 5.32 Å². The first-order valence-electron chi connectivity index (χ1n) is 10.1. The third kappa shape index (κ3) is 4.59. The Hall–Kier alpha value is -3.01. The molecule has 0 radical (unpaired) electrons. The summed E-state index contributed by atoms with van der Waals surface area (Å²) in [5.74, 6) is 1.45. The summed E-state index contributed by atoms with van der Waals surface area (Å²) in [5.41, 5.74) is 4.66. The van der Waals surface area contributed by atoms with E-state index >= 15 is 0 Å². The van der Waals surface area contributed by atoms with E-state index in [1.165, 1.54) is 16.9 Å². The largest absolute Gasteiger partial charge is 0.486 e. The van der Waals surface area contributed by atoms with Gasteiger partial charge in [0.1, 0.15) is 31.5 Å². The maximum atomic E-state index is 9.74. The maximum absolute atomic E-state index is 9.74. The zero-order chi connectivity index (χ0) is 20.8. The van der Waals surface area contributed by atoms with Crippen LogP contribution in [0.1, 0.15) is 30.0 Å². The third-order valence-corrected chi connectivity index (χ3v) is 5.76. The molecule has 1 aliphatic heterocycles. The van der Waals surface area contributed by atoms with Crippen LogP contribution in [-0.2, 0) is 13.2 Å². The molecule has 1 N–H and O–H groups in total. The molecule has 0 spiro atoms. The Labute approximate surface area is 180 Å². The molecule has 0 atom stereocenters. The summed E-state index contributed by atoms with van der Waals surface area (Å²) < 4.78 is 17.2. The van der Waals surface area contributed by atoms with Crippen molar-refractivity contribution in [3.05, 3.63) is 64.5 Å². The molecule has 1 aromatic heterocycles. The summed E-state index contributed by atoms with van der Waals surface area (Å²) in [6.45, 7) is 5.57. The molecular weight excluding hydrogens is 396 g/mol. The predicted molar refractivity (Wildman–Crippen MR) is 118 cm³/mol. The van der Waals surface area contributed by atoms with Crippen LogP contribution < -0.4 is 19.5 Å². The number of ether oxygens (including phenoxy) is 3. The molecule has 2 aromatic carbocycles. The number of benzene rings is 2. The number of fused-ring (bicyclic) bond motifs is 1. The van der Waals surface area contributed by atoms with E-state index in [1.54, 1.807) is 0 Å². The lowest BCUT2D eigenvalue weighted by Gasteiger charge is -2.18. The number of rotatable bonds is 8. The second-order valence-corrected chi connectivity index (χ2v) is 7.91. The molecule has 1 aliphatic rings. The summed E-state index contributed by atoms with van der Waals surface area (Å²) in [6, 6.07) is 16.4. The van der Waals surface area contributed by atoms with Gasteiger partial charge >= 0.3 is 0 Å². The highest BCUT2D eigenvalue weighted by molar-refractivity contribution is 7.12. The summed E-state index contributed by atoms with van der Waals surface area (Å²) in [5, 5.41) is 15.7. The molecule has 0 aliphatic carbocycles. The smallest absolute Gasteiger partial charge is 0.192 e. The Morgan fingerprint density at radius 2 is 1.83 bits per heavy atom. The number of hydrogen-bond donors (Lipinski definition) is 1. The lowest BCUT2D eigenvalue weighted by molar-refractivity contribution is 0.171. The first-order chi connectivity index (χ1) is 14.8. The van der Waals surface area contributed by atoms with Crippen molar-refractivity contribution in [2.24, 2.45) is 0 Å². The van der Waals surface area contributed by atoms with Crippen molar-refractivity contribution in [2.45, 2.75) is 26.5 Å². The van der Waals surface area contributed by atoms with Gasteiger partial charge in [0, 0.05) is 17.5 Å². The molecule has 0 bridgehead atoms. The first kappa shape index (κ1) is 20.3. The highest BCUT2D eigenvalue weighted by Gasteiger charge is 2.18. The van der Waals surface area contributed by atoms with Gasteiger partial charge in [0.2, 0.25) is 0 Å². The topological polar surface area (TPSA) is 63.5 Å². The second kappa shape index (κ2) is 9.66. The molecular formula is C24H24N2O3S. The van der Waals surface area contributed by atoms with Gasteiger partial charge in [-0.2, -0.15) is 5.26 Å². The lowest BCUT2D eigenvalue weighted by Crippen LogP contribution is -2.15. The van der Waals surface area contributed by atoms with E-state index in [-0.39, 0.29) is 0 Å². The Morgan fingerprint density at radius 1 is 1.07 bits per heavy atom. The SMILES string of the molecule is CCCNCc1ccc(COc2scc(-c3ccc4c(c3)OCCO4)c2C#N)cc1. The van der Waals surface area contributed by atoms with Crippen LogP contribution in [-0.4, -0.2) is 19.8 Å². The molecule has 30 heavy (non-hydrogen) atoms. The molecule has 3 aromatic rings.